The van der Waals surface area contributed by atoms with Crippen LogP contribution in [0.1, 0.15) is 57.9 Å². The molecule has 1 atom stereocenters. The van der Waals surface area contributed by atoms with E-state index in [2.05, 4.69) is 49.9 Å². The minimum absolute atomic E-state index is 0.670. The molecule has 0 amide bonds. The van der Waals surface area contributed by atoms with E-state index in [9.17, 15) is 0 Å². The quantitative estimate of drug-likeness (QED) is 0.734. The molecule has 0 spiro atoms. The number of para-hydroxylation sites is 1. The van der Waals surface area contributed by atoms with E-state index in [4.69, 9.17) is 0 Å². The second-order valence-electron chi connectivity index (χ2n) is 6.14. The summed E-state index contributed by atoms with van der Waals surface area (Å²) in [6.45, 7) is 9.50. The van der Waals surface area contributed by atoms with Crippen molar-refractivity contribution in [2.45, 2.75) is 52.4 Å². The molecule has 1 heteroatoms. The fourth-order valence-electron chi connectivity index (χ4n) is 3.16. The van der Waals surface area contributed by atoms with Crippen molar-refractivity contribution in [3.63, 3.8) is 0 Å². The summed E-state index contributed by atoms with van der Waals surface area (Å²) in [5.41, 5.74) is 3.04. The fraction of sp³-hybridized carbons (Fsp3) is 0.647. The van der Waals surface area contributed by atoms with Crippen LogP contribution in [-0.4, -0.2) is 13.1 Å². The van der Waals surface area contributed by atoms with Crippen molar-refractivity contribution in [3.8, 4) is 0 Å². The van der Waals surface area contributed by atoms with Gasteiger partial charge in [0.15, 0.2) is 0 Å². The van der Waals surface area contributed by atoms with E-state index >= 15 is 0 Å². The van der Waals surface area contributed by atoms with Gasteiger partial charge in [0.2, 0.25) is 0 Å². The van der Waals surface area contributed by atoms with E-state index in [0.717, 1.165) is 5.92 Å². The summed E-state index contributed by atoms with van der Waals surface area (Å²) in [5.74, 6) is 1.44. The molecule has 2 rings (SSSR count). The van der Waals surface area contributed by atoms with Crippen LogP contribution in [0.2, 0.25) is 0 Å². The Hall–Kier alpha value is -0.980. The minimum Gasteiger partial charge on any atom is -0.371 e. The topological polar surface area (TPSA) is 3.24 Å². The van der Waals surface area contributed by atoms with Gasteiger partial charge in [-0.05, 0) is 49.1 Å². The molecule has 18 heavy (non-hydrogen) atoms. The molecule has 1 fully saturated rings. The monoisotopic (exact) mass is 245 g/mol. The summed E-state index contributed by atoms with van der Waals surface area (Å²) < 4.78 is 0. The van der Waals surface area contributed by atoms with Gasteiger partial charge in [-0.25, -0.2) is 0 Å². The second-order valence-corrected chi connectivity index (χ2v) is 6.14. The van der Waals surface area contributed by atoms with Crippen LogP contribution in [0.4, 0.5) is 5.69 Å². The van der Waals surface area contributed by atoms with Crippen molar-refractivity contribution >= 4 is 5.69 Å². The molecule has 1 aromatic rings. The zero-order valence-corrected chi connectivity index (χ0v) is 12.2. The average Bonchev–Trinajstić information content (AvgIpc) is 2.39. The number of nitrogens with zero attached hydrogens (tertiary/aromatic N) is 1. The van der Waals surface area contributed by atoms with Crippen molar-refractivity contribution in [2.24, 2.45) is 5.92 Å². The lowest BCUT2D eigenvalue weighted by molar-refractivity contribution is 0.519. The molecule has 0 saturated carbocycles. The largest absolute Gasteiger partial charge is 0.371 e. The van der Waals surface area contributed by atoms with Crippen LogP contribution in [0, 0.1) is 5.92 Å². The first-order chi connectivity index (χ1) is 8.68. The van der Waals surface area contributed by atoms with E-state index in [0.29, 0.717) is 5.92 Å². The molecule has 1 nitrogen and oxygen atoms in total. The molecule has 0 N–H and O–H groups in total. The normalized spacial score (nSPS) is 18.1. The summed E-state index contributed by atoms with van der Waals surface area (Å²) in [5, 5.41) is 0. The van der Waals surface area contributed by atoms with E-state index in [1.54, 1.807) is 5.56 Å². The van der Waals surface area contributed by atoms with Crippen LogP contribution in [0.5, 0.6) is 0 Å². The SMILES string of the molecule is CC(C)CC(C)c1ccccc1N1CCCCC1. The highest BCUT2D eigenvalue weighted by Crippen LogP contribution is 2.32. The average molecular weight is 245 g/mol. The maximum absolute atomic E-state index is 2.59. The molecule has 1 heterocycles. The Balaban J connectivity index is 2.18. The third kappa shape index (κ3) is 3.28. The second kappa shape index (κ2) is 6.26. The van der Waals surface area contributed by atoms with Crippen LogP contribution in [0.15, 0.2) is 24.3 Å². The highest BCUT2D eigenvalue weighted by Gasteiger charge is 2.17. The van der Waals surface area contributed by atoms with Crippen LogP contribution in [-0.2, 0) is 0 Å². The lowest BCUT2D eigenvalue weighted by atomic mass is 9.90. The van der Waals surface area contributed by atoms with Crippen molar-refractivity contribution in [1.29, 1.82) is 0 Å². The number of hydrogen-bond acceptors (Lipinski definition) is 1. The Morgan fingerprint density at radius 3 is 2.33 bits per heavy atom. The first-order valence-corrected chi connectivity index (χ1v) is 7.52. The Labute approximate surface area is 112 Å². The van der Waals surface area contributed by atoms with Gasteiger partial charge in [-0.3, -0.25) is 0 Å². The van der Waals surface area contributed by atoms with Gasteiger partial charge in [0.05, 0.1) is 0 Å². The summed E-state index contributed by atoms with van der Waals surface area (Å²) >= 11 is 0. The van der Waals surface area contributed by atoms with Gasteiger partial charge in [-0.1, -0.05) is 39.0 Å². The van der Waals surface area contributed by atoms with Crippen molar-refractivity contribution in [3.05, 3.63) is 29.8 Å². The zero-order chi connectivity index (χ0) is 13.0. The van der Waals surface area contributed by atoms with Gasteiger partial charge >= 0.3 is 0 Å². The predicted octanol–water partition coefficient (Wildman–Crippen LogP) is 4.83. The summed E-state index contributed by atoms with van der Waals surface area (Å²) in [6.07, 6.45) is 5.39. The summed E-state index contributed by atoms with van der Waals surface area (Å²) in [6, 6.07) is 9.03. The number of benzene rings is 1. The zero-order valence-electron chi connectivity index (χ0n) is 12.2. The third-order valence-electron chi connectivity index (χ3n) is 3.99. The third-order valence-corrected chi connectivity index (χ3v) is 3.99. The van der Waals surface area contributed by atoms with Crippen LogP contribution < -0.4 is 4.90 Å². The Kier molecular flexibility index (Phi) is 4.68. The molecule has 100 valence electrons. The molecular weight excluding hydrogens is 218 g/mol. The van der Waals surface area contributed by atoms with Crippen LogP contribution >= 0.6 is 0 Å². The molecule has 1 unspecified atom stereocenters. The lowest BCUT2D eigenvalue weighted by Crippen LogP contribution is -2.30. The minimum atomic E-state index is 0.670. The molecule has 1 aliphatic heterocycles. The number of rotatable bonds is 4. The lowest BCUT2D eigenvalue weighted by Gasteiger charge is -2.32. The summed E-state index contributed by atoms with van der Waals surface area (Å²) in [7, 11) is 0. The Morgan fingerprint density at radius 1 is 1.00 bits per heavy atom. The van der Waals surface area contributed by atoms with E-state index in [1.807, 2.05) is 0 Å². The number of anilines is 1. The summed E-state index contributed by atoms with van der Waals surface area (Å²) in [4.78, 5) is 2.59. The molecule has 1 aromatic carbocycles. The van der Waals surface area contributed by atoms with Crippen molar-refractivity contribution in [2.75, 3.05) is 18.0 Å². The smallest absolute Gasteiger partial charge is 0.0401 e. The van der Waals surface area contributed by atoms with Crippen molar-refractivity contribution in [1.82, 2.24) is 0 Å². The highest BCUT2D eigenvalue weighted by molar-refractivity contribution is 5.55. The van der Waals surface area contributed by atoms with Gasteiger partial charge in [0, 0.05) is 18.8 Å². The van der Waals surface area contributed by atoms with Crippen LogP contribution in [0.3, 0.4) is 0 Å². The molecule has 1 aliphatic rings. The molecule has 0 radical (unpaired) electrons. The Morgan fingerprint density at radius 2 is 1.67 bits per heavy atom. The first kappa shape index (κ1) is 13.5. The van der Waals surface area contributed by atoms with Crippen LogP contribution in [0.25, 0.3) is 0 Å². The van der Waals surface area contributed by atoms with E-state index in [1.165, 1.54) is 44.5 Å². The predicted molar refractivity (Wildman–Crippen MR) is 80.4 cm³/mol. The highest BCUT2D eigenvalue weighted by atomic mass is 15.1. The Bertz CT molecular complexity index is 364. The van der Waals surface area contributed by atoms with Gasteiger partial charge in [0.1, 0.15) is 0 Å². The molecular formula is C17H27N. The van der Waals surface area contributed by atoms with Gasteiger partial charge < -0.3 is 4.90 Å². The van der Waals surface area contributed by atoms with Gasteiger partial charge in [-0.15, -0.1) is 0 Å². The maximum atomic E-state index is 2.59. The van der Waals surface area contributed by atoms with Crippen molar-refractivity contribution < 1.29 is 0 Å². The van der Waals surface area contributed by atoms with Gasteiger partial charge in [0.25, 0.3) is 0 Å². The molecule has 1 saturated heterocycles. The van der Waals surface area contributed by atoms with E-state index < -0.39 is 0 Å². The van der Waals surface area contributed by atoms with Gasteiger partial charge in [-0.2, -0.15) is 0 Å². The fourth-order valence-corrected chi connectivity index (χ4v) is 3.16. The number of piperidine rings is 1. The number of hydrogen-bond donors (Lipinski definition) is 0. The first-order valence-electron chi connectivity index (χ1n) is 7.52. The molecule has 0 bridgehead atoms. The molecule has 0 aromatic heterocycles. The molecule has 0 aliphatic carbocycles. The van der Waals surface area contributed by atoms with E-state index in [-0.39, 0.29) is 0 Å². The maximum Gasteiger partial charge on any atom is 0.0401 e. The standard InChI is InChI=1S/C17H27N/c1-14(2)13-15(3)16-9-5-6-10-17(16)18-11-7-4-8-12-18/h5-6,9-10,14-15H,4,7-8,11-13H2,1-3H3.